The number of ether oxygens (including phenoxy) is 3. The highest BCUT2D eigenvalue weighted by Crippen LogP contribution is 2.51. The molecule has 0 heterocycles. The Kier molecular flexibility index (Phi) is 45.9. The average Bonchev–Trinajstić information content (AvgIpc) is 1.68. The summed E-state index contributed by atoms with van der Waals surface area (Å²) in [6.07, 6.45) is 23.4. The lowest BCUT2D eigenvalue weighted by Crippen LogP contribution is -2.36. The Balaban J connectivity index is 0.000000475. The molecular formula is C85H147N3O19. The van der Waals surface area contributed by atoms with Gasteiger partial charge in [0.2, 0.25) is 0 Å². The summed E-state index contributed by atoms with van der Waals surface area (Å²) in [5.74, 6) is 1.65. The first-order valence-corrected chi connectivity index (χ1v) is 39.8. The molecule has 616 valence electrons. The van der Waals surface area contributed by atoms with Gasteiger partial charge in [0.1, 0.15) is 50.1 Å². The van der Waals surface area contributed by atoms with Crippen molar-refractivity contribution >= 4 is 17.9 Å². The van der Waals surface area contributed by atoms with Crippen molar-refractivity contribution in [3.63, 3.8) is 0 Å². The lowest BCUT2D eigenvalue weighted by atomic mass is 9.73. The molecule has 0 spiro atoms. The molecule has 107 heavy (non-hydrogen) atoms. The summed E-state index contributed by atoms with van der Waals surface area (Å²) in [6, 6.07) is 17.5. The van der Waals surface area contributed by atoms with Crippen LogP contribution in [0.2, 0.25) is 0 Å². The lowest BCUT2D eigenvalue weighted by Gasteiger charge is -2.32. The normalized spacial score (nSPS) is 23.6. The molecular weight excluding hydrogens is 1370 g/mol. The Morgan fingerprint density at radius 1 is 0.430 bits per heavy atom. The predicted octanol–water partition coefficient (Wildman–Crippen LogP) is 7.59. The molecule has 3 aromatic carbocycles. The number of hydrogen-bond acceptors (Lipinski definition) is 18. The van der Waals surface area contributed by atoms with E-state index in [-0.39, 0.29) is 93.7 Å². The van der Waals surface area contributed by atoms with E-state index in [4.69, 9.17) is 34.6 Å². The Bertz CT molecular complexity index is 2640. The first-order chi connectivity index (χ1) is 49.7. The standard InChI is InChI=1S/3C23H34O5.3C5H14NO.CH4.H2O/c3*1-2-3-4-7-17(24)9-10-18-19-11-15-6-5-8-22(28-14-23(26)27)20(15)12-16(19)13-21(18)25;3*1-6(2,3)4-5-7;;/h3*5-6,8,16-19,21,24-25H,2-4,7,9-14H2,1H3,(H,26,27);3*7H,4-5H2,1-3H3;1H4;1H2/q;;;3*+1;;/p-3/t3*16-,17-,18+,19-,21+;;;;;/m000...../s1. The summed E-state index contributed by atoms with van der Waals surface area (Å²) in [4.78, 5) is 32.3. The highest BCUT2D eigenvalue weighted by Gasteiger charge is 2.48. The SMILES string of the molecule is C.CCCCC[C@H](O)CC[C@@H]1[C@H]2Cc3cccc(OCC(=O)O)c3C[C@H]2C[C@H]1O.CCCCC[C@H](O)CC[C@@H]1[C@H]2Cc3cccc(OCC(=O)[O-])c3C[C@H]2C[C@H]1O.CCCCC[C@H](O)CC[C@@H]1[C@H]2Cc3cccc(OCC(=O)[O-])c3C[C@H]2C[C@H]1O.C[N+](C)(C)CCO.C[N+](C)(C)CCO.C[N+](C)(C)CCO.[OH-]. The molecule has 6 aliphatic carbocycles. The number of unbranched alkanes of at least 4 members (excludes halogenated alkanes) is 6. The van der Waals surface area contributed by atoms with Crippen LogP contribution in [0, 0.1) is 53.3 Å². The number of fused-ring (bicyclic) bond motifs is 6. The summed E-state index contributed by atoms with van der Waals surface area (Å²) in [5, 5.41) is 118. The molecule has 3 aromatic rings. The van der Waals surface area contributed by atoms with Gasteiger partial charge in [-0.2, -0.15) is 0 Å². The van der Waals surface area contributed by atoms with E-state index in [1.165, 1.54) is 16.7 Å². The van der Waals surface area contributed by atoms with Crippen LogP contribution < -0.4 is 24.4 Å². The van der Waals surface area contributed by atoms with Crippen molar-refractivity contribution in [3.8, 4) is 17.2 Å². The van der Waals surface area contributed by atoms with Crippen molar-refractivity contribution in [2.45, 2.75) is 238 Å². The number of likely N-dealkylation sites (N-methyl/N-ethyl adjacent to an activating group) is 3. The van der Waals surface area contributed by atoms with Gasteiger partial charge in [-0.3, -0.25) is 0 Å². The quantitative estimate of drug-likeness (QED) is 0.0198. The number of carbonyl (C=O) groups is 3. The molecule has 15 atom stereocenters. The highest BCUT2D eigenvalue weighted by molar-refractivity contribution is 5.68. The van der Waals surface area contributed by atoms with Crippen LogP contribution in [0.3, 0.4) is 0 Å². The number of aliphatic hydroxyl groups is 9. The van der Waals surface area contributed by atoms with E-state index in [0.717, 1.165) is 223 Å². The number of aliphatic carboxylic acids is 3. The first-order valence-electron chi connectivity index (χ1n) is 39.8. The molecule has 6 aliphatic rings. The Morgan fingerprint density at radius 2 is 0.692 bits per heavy atom. The maximum absolute atomic E-state index is 10.8. The molecule has 9 rings (SSSR count). The Hall–Kier alpha value is -5.05. The number of carbonyl (C=O) groups excluding carboxylic acids is 2. The van der Waals surface area contributed by atoms with Crippen molar-refractivity contribution in [2.24, 2.45) is 53.3 Å². The molecule has 11 N–H and O–H groups in total. The van der Waals surface area contributed by atoms with Crippen molar-refractivity contribution in [1.29, 1.82) is 0 Å². The van der Waals surface area contributed by atoms with Crippen molar-refractivity contribution in [3.05, 3.63) is 88.0 Å². The van der Waals surface area contributed by atoms with Gasteiger partial charge in [-0.15, -0.1) is 0 Å². The van der Waals surface area contributed by atoms with Crippen LogP contribution in [0.4, 0.5) is 0 Å². The zero-order valence-corrected chi connectivity index (χ0v) is 66.8. The molecule has 3 saturated carbocycles. The molecule has 0 bridgehead atoms. The lowest BCUT2D eigenvalue weighted by molar-refractivity contribution is -0.870. The second-order valence-electron chi connectivity index (χ2n) is 34.0. The van der Waals surface area contributed by atoms with E-state index in [9.17, 15) is 55.2 Å². The first kappa shape index (κ1) is 98.0. The van der Waals surface area contributed by atoms with Gasteiger partial charge in [0, 0.05) is 0 Å². The van der Waals surface area contributed by atoms with Crippen LogP contribution >= 0.6 is 0 Å². The maximum atomic E-state index is 10.8. The van der Waals surface area contributed by atoms with Crippen LogP contribution in [-0.2, 0) is 52.9 Å². The molecule has 3 fully saturated rings. The van der Waals surface area contributed by atoms with Gasteiger partial charge >= 0.3 is 5.97 Å². The topological polar surface area (TPSA) is 357 Å². The minimum atomic E-state index is -1.22. The van der Waals surface area contributed by atoms with Crippen LogP contribution in [0.15, 0.2) is 54.6 Å². The van der Waals surface area contributed by atoms with E-state index in [2.05, 4.69) is 102 Å². The number of quaternary nitrogens is 3. The van der Waals surface area contributed by atoms with Gasteiger partial charge < -0.3 is 104 Å². The summed E-state index contributed by atoms with van der Waals surface area (Å²) < 4.78 is 18.9. The molecule has 0 amide bonds. The summed E-state index contributed by atoms with van der Waals surface area (Å²) in [6.45, 7) is 8.63. The second kappa shape index (κ2) is 50.0. The van der Waals surface area contributed by atoms with E-state index in [1.54, 1.807) is 0 Å². The number of carboxylic acids is 3. The Labute approximate surface area is 643 Å². The molecule has 22 heteroatoms. The Morgan fingerprint density at radius 3 is 0.907 bits per heavy atom. The zero-order valence-electron chi connectivity index (χ0n) is 66.8. The minimum Gasteiger partial charge on any atom is -0.870 e. The van der Waals surface area contributed by atoms with Crippen molar-refractivity contribution in [2.75, 3.05) is 123 Å². The fourth-order valence-electron chi connectivity index (χ4n) is 16.6. The van der Waals surface area contributed by atoms with Crippen molar-refractivity contribution < 1.29 is 109 Å². The molecule has 0 aromatic heterocycles. The highest BCUT2D eigenvalue weighted by atomic mass is 16.5. The zero-order chi connectivity index (χ0) is 78.0. The molecule has 0 aliphatic heterocycles. The van der Waals surface area contributed by atoms with E-state index < -0.39 is 31.1 Å². The van der Waals surface area contributed by atoms with E-state index in [0.29, 0.717) is 52.8 Å². The molecule has 0 saturated heterocycles. The van der Waals surface area contributed by atoms with Gasteiger partial charge in [0.05, 0.1) is 132 Å². The van der Waals surface area contributed by atoms with Gasteiger partial charge in [0.15, 0.2) is 6.61 Å². The monoisotopic (exact) mass is 1510 g/mol. The number of hydrogen-bond donors (Lipinski definition) is 10. The maximum Gasteiger partial charge on any atom is 0.341 e. The average molecular weight is 1520 g/mol. The molecule has 0 radical (unpaired) electrons. The third-order valence-corrected chi connectivity index (χ3v) is 22.3. The summed E-state index contributed by atoms with van der Waals surface area (Å²) >= 11 is 0. The minimum absolute atomic E-state index is 0. The largest absolute Gasteiger partial charge is 0.870 e. The van der Waals surface area contributed by atoms with Crippen LogP contribution in [-0.4, -0.2) is 247 Å². The van der Waals surface area contributed by atoms with Crippen LogP contribution in [0.5, 0.6) is 17.2 Å². The predicted molar refractivity (Wildman–Crippen MR) is 416 cm³/mol. The fourth-order valence-corrected chi connectivity index (χ4v) is 16.6. The number of aliphatic hydroxyl groups excluding tert-OH is 9. The number of nitrogens with zero attached hydrogens (tertiary/aromatic N) is 3. The smallest absolute Gasteiger partial charge is 0.341 e. The molecule has 22 nitrogen and oxygen atoms in total. The van der Waals surface area contributed by atoms with Gasteiger partial charge in [-0.1, -0.05) is 122 Å². The second-order valence-corrected chi connectivity index (χ2v) is 34.0. The van der Waals surface area contributed by atoms with Gasteiger partial charge in [-0.05, 0) is 220 Å². The number of carboxylic acid groups (broad SMARTS) is 3. The number of benzene rings is 3. The van der Waals surface area contributed by atoms with Gasteiger partial charge in [0.25, 0.3) is 0 Å². The van der Waals surface area contributed by atoms with Crippen LogP contribution in [0.25, 0.3) is 0 Å². The van der Waals surface area contributed by atoms with Crippen LogP contribution in [0.1, 0.15) is 196 Å². The van der Waals surface area contributed by atoms with E-state index >= 15 is 0 Å². The van der Waals surface area contributed by atoms with E-state index in [1.807, 2.05) is 36.4 Å². The summed E-state index contributed by atoms with van der Waals surface area (Å²) in [7, 11) is 18.5. The third kappa shape index (κ3) is 35.9. The third-order valence-electron chi connectivity index (χ3n) is 22.3. The summed E-state index contributed by atoms with van der Waals surface area (Å²) in [5.41, 5.74) is 6.87. The van der Waals surface area contributed by atoms with Crippen molar-refractivity contribution in [1.82, 2.24) is 0 Å². The molecule has 0 unspecified atom stereocenters. The van der Waals surface area contributed by atoms with Gasteiger partial charge in [-0.25, -0.2) is 4.79 Å². The number of rotatable bonds is 36. The fraction of sp³-hybridized carbons (Fsp3) is 0.753.